The van der Waals surface area contributed by atoms with Gasteiger partial charge in [0, 0.05) is 30.3 Å². The van der Waals surface area contributed by atoms with E-state index >= 15 is 0 Å². The zero-order valence-corrected chi connectivity index (χ0v) is 21.3. The Morgan fingerprint density at radius 2 is 1.79 bits per heavy atom. The summed E-state index contributed by atoms with van der Waals surface area (Å²) in [5.41, 5.74) is 1.39. The second kappa shape index (κ2) is 10.4. The minimum atomic E-state index is -3.34. The first-order chi connectivity index (χ1) is 16.1. The molecule has 1 aromatic carbocycles. The molecule has 34 heavy (non-hydrogen) atoms. The Morgan fingerprint density at radius 1 is 1.15 bits per heavy atom. The number of amides is 1. The zero-order valence-electron chi connectivity index (χ0n) is 19.6. The van der Waals surface area contributed by atoms with Crippen LogP contribution in [-0.2, 0) is 19.7 Å². The van der Waals surface area contributed by atoms with Crippen molar-refractivity contribution in [2.45, 2.75) is 57.7 Å². The molecule has 0 atom stereocenters. The number of carbonyl (C=O) groups is 1. The average molecular weight is 513 g/mol. The highest BCUT2D eigenvalue weighted by atomic mass is 32.3. The Balaban J connectivity index is 1.24. The molecule has 3 heterocycles. The van der Waals surface area contributed by atoms with Crippen LogP contribution in [0.15, 0.2) is 29.6 Å². The number of likely N-dealkylation sites (tertiary alicyclic amines) is 1. The number of rotatable bonds is 5. The third kappa shape index (κ3) is 6.83. The van der Waals surface area contributed by atoms with Crippen LogP contribution in [0, 0.1) is 0 Å². The monoisotopic (exact) mass is 512 g/mol. The average Bonchev–Trinajstić information content (AvgIpc) is 3.26. The molecule has 0 unspecified atom stereocenters. The molecule has 0 saturated carbocycles. The Bertz CT molecular complexity index is 956. The lowest BCUT2D eigenvalue weighted by atomic mass is 9.98. The van der Waals surface area contributed by atoms with Crippen LogP contribution < -0.4 is 4.74 Å². The van der Waals surface area contributed by atoms with E-state index in [9.17, 15) is 13.9 Å². The van der Waals surface area contributed by atoms with Crippen molar-refractivity contribution < 1.29 is 31.7 Å². The van der Waals surface area contributed by atoms with Crippen LogP contribution in [0.3, 0.4) is 0 Å². The lowest BCUT2D eigenvalue weighted by Gasteiger charge is -2.33. The number of ether oxygens (including phenoxy) is 2. The van der Waals surface area contributed by atoms with Crippen molar-refractivity contribution in [3.63, 3.8) is 0 Å². The largest absolute Gasteiger partial charge is 0.487 e. The molecule has 0 spiro atoms. The number of benzene rings is 1. The standard InChI is InChI=1S/C23H32N2O7S2/c1-23(2,3)32-22(26)25-10-8-17(9-11-25)21-24-19(15-33-21)14-29-20-6-4-16(5-7-20)18-12-30-34(27,28)31-13-18/h4-7,15,17-18,27-28H,8-14H2,1-3H3. The molecule has 9 nitrogen and oxygen atoms in total. The lowest BCUT2D eigenvalue weighted by Crippen LogP contribution is -2.41. The van der Waals surface area contributed by atoms with Crippen molar-refractivity contribution in [3.05, 3.63) is 45.9 Å². The van der Waals surface area contributed by atoms with Crippen molar-refractivity contribution in [2.24, 2.45) is 0 Å². The quantitative estimate of drug-likeness (QED) is 0.537. The van der Waals surface area contributed by atoms with Gasteiger partial charge in [-0.05, 0) is 51.3 Å². The van der Waals surface area contributed by atoms with Crippen molar-refractivity contribution >= 4 is 28.6 Å². The van der Waals surface area contributed by atoms with Gasteiger partial charge in [-0.3, -0.25) is 17.5 Å². The SMILES string of the molecule is CC(C)(C)OC(=O)N1CCC(c2nc(COc3ccc(C4COS(O)(O)OC4)cc3)cs2)CC1. The van der Waals surface area contributed by atoms with Gasteiger partial charge in [-0.15, -0.1) is 11.3 Å². The first-order valence-corrected chi connectivity index (χ1v) is 13.6. The molecule has 2 N–H and O–H groups in total. The molecule has 188 valence electrons. The van der Waals surface area contributed by atoms with E-state index in [2.05, 4.69) is 0 Å². The summed E-state index contributed by atoms with van der Waals surface area (Å²) in [5.74, 6) is 1.01. The number of hydrogen-bond acceptors (Lipinski definition) is 9. The molecule has 2 fully saturated rings. The molecule has 0 radical (unpaired) electrons. The van der Waals surface area contributed by atoms with Gasteiger partial charge in [0.25, 0.3) is 0 Å². The second-order valence-electron chi connectivity index (χ2n) is 9.49. The third-order valence-electron chi connectivity index (χ3n) is 5.65. The predicted molar refractivity (Wildman–Crippen MR) is 130 cm³/mol. The number of carbonyl (C=O) groups excluding carboxylic acids is 1. The summed E-state index contributed by atoms with van der Waals surface area (Å²) in [6, 6.07) is 7.60. The lowest BCUT2D eigenvalue weighted by molar-refractivity contribution is 0.0204. The van der Waals surface area contributed by atoms with Gasteiger partial charge in [-0.25, -0.2) is 9.78 Å². The van der Waals surface area contributed by atoms with Gasteiger partial charge in [0.1, 0.15) is 18.0 Å². The highest BCUT2D eigenvalue weighted by molar-refractivity contribution is 8.16. The fourth-order valence-corrected chi connectivity index (χ4v) is 5.55. The van der Waals surface area contributed by atoms with Gasteiger partial charge in [0.2, 0.25) is 11.2 Å². The molecule has 4 rings (SSSR count). The molecular formula is C23H32N2O7S2. The third-order valence-corrected chi connectivity index (χ3v) is 7.59. The summed E-state index contributed by atoms with van der Waals surface area (Å²) >= 11 is -1.70. The van der Waals surface area contributed by atoms with Gasteiger partial charge in [-0.1, -0.05) is 12.1 Å². The van der Waals surface area contributed by atoms with Crippen molar-refractivity contribution in [3.8, 4) is 5.75 Å². The topological polar surface area (TPSA) is 111 Å². The van der Waals surface area contributed by atoms with Crippen LogP contribution in [0.5, 0.6) is 5.75 Å². The molecule has 1 aromatic heterocycles. The fourth-order valence-electron chi connectivity index (χ4n) is 3.82. The van der Waals surface area contributed by atoms with E-state index in [0.29, 0.717) is 25.6 Å². The predicted octanol–water partition coefficient (Wildman–Crippen LogP) is 5.55. The van der Waals surface area contributed by atoms with Crippen LogP contribution in [-0.4, -0.2) is 57.0 Å². The molecule has 0 bridgehead atoms. The molecule has 2 aliphatic rings. The summed E-state index contributed by atoms with van der Waals surface area (Å²) < 4.78 is 40.0. The van der Waals surface area contributed by atoms with Gasteiger partial charge in [-0.2, -0.15) is 0 Å². The van der Waals surface area contributed by atoms with Crippen LogP contribution in [0.2, 0.25) is 0 Å². The van der Waals surface area contributed by atoms with E-state index in [1.165, 1.54) is 0 Å². The highest BCUT2D eigenvalue weighted by Crippen LogP contribution is 2.46. The summed E-state index contributed by atoms with van der Waals surface area (Å²) in [4.78, 5) is 18.8. The first kappa shape index (κ1) is 25.2. The normalized spacial score (nSPS) is 20.7. The van der Waals surface area contributed by atoms with E-state index in [1.807, 2.05) is 50.4 Å². The molecule has 1 amide bonds. The second-order valence-corrected chi connectivity index (χ2v) is 11.7. The summed E-state index contributed by atoms with van der Waals surface area (Å²) in [6.07, 6.45) is 1.50. The molecule has 11 heteroatoms. The maximum atomic E-state index is 12.3. The molecule has 2 saturated heterocycles. The summed E-state index contributed by atoms with van der Waals surface area (Å²) in [6.45, 7) is 7.76. The molecule has 0 aliphatic carbocycles. The number of hydrogen-bond donors (Lipinski definition) is 2. The van der Waals surface area contributed by atoms with Gasteiger partial charge in [0.05, 0.1) is 23.9 Å². The Labute approximate surface area is 205 Å². The number of piperidine rings is 1. The number of thiazole rings is 1. The van der Waals surface area contributed by atoms with E-state index in [-0.39, 0.29) is 25.2 Å². The number of nitrogens with zero attached hydrogens (tertiary/aromatic N) is 2. The van der Waals surface area contributed by atoms with Crippen LogP contribution in [0.1, 0.15) is 61.7 Å². The van der Waals surface area contributed by atoms with E-state index in [1.54, 1.807) is 16.2 Å². The summed E-state index contributed by atoms with van der Waals surface area (Å²) in [5, 5.41) is 3.11. The van der Waals surface area contributed by atoms with Crippen molar-refractivity contribution in [1.82, 2.24) is 9.88 Å². The molecular weight excluding hydrogens is 480 g/mol. The van der Waals surface area contributed by atoms with E-state index in [0.717, 1.165) is 34.9 Å². The smallest absolute Gasteiger partial charge is 0.410 e. The molecule has 2 aliphatic heterocycles. The minimum absolute atomic E-state index is 0.0585. The maximum Gasteiger partial charge on any atom is 0.410 e. The number of aromatic nitrogens is 1. The van der Waals surface area contributed by atoms with Gasteiger partial charge >= 0.3 is 6.09 Å². The van der Waals surface area contributed by atoms with Crippen molar-refractivity contribution in [1.29, 1.82) is 0 Å². The Kier molecular flexibility index (Phi) is 7.70. The van der Waals surface area contributed by atoms with Gasteiger partial charge in [0.15, 0.2) is 0 Å². The summed E-state index contributed by atoms with van der Waals surface area (Å²) in [7, 11) is 0. The van der Waals surface area contributed by atoms with Crippen LogP contribution in [0.25, 0.3) is 0 Å². The first-order valence-electron chi connectivity index (χ1n) is 11.3. The molecule has 2 aromatic rings. The van der Waals surface area contributed by atoms with Gasteiger partial charge < -0.3 is 14.4 Å². The van der Waals surface area contributed by atoms with Crippen LogP contribution in [0.4, 0.5) is 4.79 Å². The van der Waals surface area contributed by atoms with E-state index < -0.39 is 16.8 Å². The maximum absolute atomic E-state index is 12.3. The minimum Gasteiger partial charge on any atom is -0.487 e. The van der Waals surface area contributed by atoms with E-state index in [4.69, 9.17) is 22.8 Å². The highest BCUT2D eigenvalue weighted by Gasteiger charge is 2.30. The zero-order chi connectivity index (χ0) is 24.3. The Morgan fingerprint density at radius 3 is 2.41 bits per heavy atom. The van der Waals surface area contributed by atoms with Crippen LogP contribution >= 0.6 is 22.5 Å². The fraction of sp³-hybridized carbons (Fsp3) is 0.565. The van der Waals surface area contributed by atoms with Crippen molar-refractivity contribution in [2.75, 3.05) is 26.3 Å². The Hall–Kier alpha value is -1.89.